The summed E-state index contributed by atoms with van der Waals surface area (Å²) in [5, 5.41) is 0. The molecule has 0 heterocycles. The van der Waals surface area contributed by atoms with Crippen LogP contribution in [-0.2, 0) is 9.22 Å². The molecule has 4 aliphatic rings. The van der Waals surface area contributed by atoms with Gasteiger partial charge in [0, 0.05) is 12.5 Å². The van der Waals surface area contributed by atoms with Gasteiger partial charge in [0.25, 0.3) is 0 Å². The zero-order valence-corrected chi connectivity index (χ0v) is 23.1. The molecule has 3 saturated carbocycles. The average Bonchev–Trinajstić information content (AvgIpc) is 3.04. The van der Waals surface area contributed by atoms with Gasteiger partial charge in [0.1, 0.15) is 0 Å². The van der Waals surface area contributed by atoms with Crippen molar-refractivity contribution in [1.82, 2.24) is 0 Å². The number of allylic oxidation sites excluding steroid dienone is 1. The molecule has 32 heavy (non-hydrogen) atoms. The maximum absolute atomic E-state index is 12.1. The molecular weight excluding hydrogens is 408 g/mol. The van der Waals surface area contributed by atoms with Crippen molar-refractivity contribution >= 4 is 14.1 Å². The minimum Gasteiger partial charge on any atom is -0.415 e. The fourth-order valence-corrected chi connectivity index (χ4v) is 10.5. The van der Waals surface area contributed by atoms with Crippen LogP contribution in [0.3, 0.4) is 0 Å². The zero-order chi connectivity index (χ0) is 23.3. The van der Waals surface area contributed by atoms with Gasteiger partial charge in [-0.2, -0.15) is 0 Å². The van der Waals surface area contributed by atoms with Crippen LogP contribution in [0.25, 0.3) is 0 Å². The van der Waals surface area contributed by atoms with Crippen molar-refractivity contribution < 1.29 is 9.22 Å². The highest BCUT2D eigenvalue weighted by Gasteiger charge is 2.59. The van der Waals surface area contributed by atoms with Gasteiger partial charge in [-0.3, -0.25) is 4.79 Å². The third kappa shape index (κ3) is 4.59. The van der Waals surface area contributed by atoms with E-state index in [2.05, 4.69) is 53.4 Å². The van der Waals surface area contributed by atoms with E-state index in [1.807, 2.05) is 0 Å². The molecule has 0 amide bonds. The van der Waals surface area contributed by atoms with E-state index in [0.717, 1.165) is 42.4 Å². The van der Waals surface area contributed by atoms with Crippen molar-refractivity contribution in [3.05, 3.63) is 11.6 Å². The molecule has 0 N–H and O–H groups in total. The molecule has 4 rings (SSSR count). The van der Waals surface area contributed by atoms with E-state index < -0.39 is 8.32 Å². The lowest BCUT2D eigenvalue weighted by molar-refractivity contribution is -0.117. The molecule has 182 valence electrons. The third-order valence-electron chi connectivity index (χ3n) is 10.5. The van der Waals surface area contributed by atoms with Gasteiger partial charge in [0.15, 0.2) is 14.1 Å². The van der Waals surface area contributed by atoms with Gasteiger partial charge in [-0.05, 0) is 124 Å². The lowest BCUT2D eigenvalue weighted by Gasteiger charge is -2.58. The molecule has 0 saturated heterocycles. The molecule has 0 aromatic rings. The Hall–Kier alpha value is -0.413. The second-order valence-corrected chi connectivity index (χ2v) is 18.1. The van der Waals surface area contributed by atoms with Gasteiger partial charge < -0.3 is 4.43 Å². The SMILES string of the molecule is CC(CCC[C@H](C)C1CCC2C3CCC4=CC(=O)CCC4(C)C3CCC21C)O[Si](C)(C)C. The van der Waals surface area contributed by atoms with Crippen LogP contribution in [-0.4, -0.2) is 20.2 Å². The maximum atomic E-state index is 12.1. The minimum atomic E-state index is -1.42. The number of carbonyl (C=O) groups is 1. The highest BCUT2D eigenvalue weighted by Crippen LogP contribution is 2.67. The molecule has 8 atom stereocenters. The summed E-state index contributed by atoms with van der Waals surface area (Å²) < 4.78 is 6.28. The molecule has 3 fully saturated rings. The summed E-state index contributed by atoms with van der Waals surface area (Å²) in [5.74, 6) is 4.76. The van der Waals surface area contributed by atoms with Gasteiger partial charge in [0.2, 0.25) is 0 Å². The Kier molecular flexibility index (Phi) is 6.94. The van der Waals surface area contributed by atoms with Crippen LogP contribution >= 0.6 is 0 Å². The standard InChI is InChI=1S/C29H50O2Si/c1-20(9-8-10-21(2)31-32(5,6)7)25-13-14-26-24-12-11-22-19-23(30)15-17-28(22,3)27(24)16-18-29(25,26)4/h19-21,24-27H,8-18H2,1-7H3/t20-,21?,24?,25?,26?,27?,28?,29?/m0/s1. The highest BCUT2D eigenvalue weighted by molar-refractivity contribution is 6.69. The fourth-order valence-electron chi connectivity index (χ4n) is 9.13. The van der Waals surface area contributed by atoms with E-state index >= 15 is 0 Å². The predicted molar refractivity (Wildman–Crippen MR) is 137 cm³/mol. The van der Waals surface area contributed by atoms with Crippen LogP contribution < -0.4 is 0 Å². The normalized spacial score (nSPS) is 41.3. The highest BCUT2D eigenvalue weighted by atomic mass is 28.4. The molecule has 2 nitrogen and oxygen atoms in total. The van der Waals surface area contributed by atoms with Crippen LogP contribution in [0.2, 0.25) is 19.6 Å². The van der Waals surface area contributed by atoms with E-state index in [1.54, 1.807) is 0 Å². The van der Waals surface area contributed by atoms with Crippen LogP contribution in [0.15, 0.2) is 11.6 Å². The summed E-state index contributed by atoms with van der Waals surface area (Å²) >= 11 is 0. The lowest BCUT2D eigenvalue weighted by atomic mass is 9.46. The molecule has 0 aliphatic heterocycles. The Morgan fingerprint density at radius 2 is 1.75 bits per heavy atom. The number of hydrogen-bond donors (Lipinski definition) is 0. The van der Waals surface area contributed by atoms with Crippen molar-refractivity contribution in [2.45, 2.75) is 124 Å². The van der Waals surface area contributed by atoms with Crippen molar-refractivity contribution in [3.8, 4) is 0 Å². The Labute approximate surface area is 199 Å². The van der Waals surface area contributed by atoms with Crippen molar-refractivity contribution in [1.29, 1.82) is 0 Å². The van der Waals surface area contributed by atoms with Gasteiger partial charge >= 0.3 is 0 Å². The van der Waals surface area contributed by atoms with E-state index in [4.69, 9.17) is 4.43 Å². The summed E-state index contributed by atoms with van der Waals surface area (Å²) in [6.07, 6.45) is 16.5. The first-order valence-corrected chi connectivity index (χ1v) is 17.3. The van der Waals surface area contributed by atoms with Gasteiger partial charge in [0.05, 0.1) is 0 Å². The summed E-state index contributed by atoms with van der Waals surface area (Å²) in [6.45, 7) is 16.9. The molecular formula is C29H50O2Si. The summed E-state index contributed by atoms with van der Waals surface area (Å²) in [6, 6.07) is 0. The second-order valence-electron chi connectivity index (χ2n) is 13.6. The number of hydrogen-bond acceptors (Lipinski definition) is 2. The molecule has 0 bridgehead atoms. The average molecular weight is 459 g/mol. The van der Waals surface area contributed by atoms with Gasteiger partial charge in [-0.25, -0.2) is 0 Å². The van der Waals surface area contributed by atoms with Crippen molar-refractivity contribution in [3.63, 3.8) is 0 Å². The number of ketones is 1. The van der Waals surface area contributed by atoms with Gasteiger partial charge in [-0.15, -0.1) is 0 Å². The predicted octanol–water partition coefficient (Wildman–Crippen LogP) is 8.18. The molecule has 0 aromatic heterocycles. The third-order valence-corrected chi connectivity index (χ3v) is 11.7. The number of rotatable bonds is 7. The lowest BCUT2D eigenvalue weighted by Crippen LogP contribution is -2.50. The number of fused-ring (bicyclic) bond motifs is 5. The number of carbonyl (C=O) groups excluding carboxylic acids is 1. The summed E-state index contributed by atoms with van der Waals surface area (Å²) in [4.78, 5) is 12.1. The fraction of sp³-hybridized carbons (Fsp3) is 0.897. The molecule has 0 aromatic carbocycles. The molecule has 0 spiro atoms. The molecule has 0 radical (unpaired) electrons. The molecule has 4 aliphatic carbocycles. The van der Waals surface area contributed by atoms with E-state index in [0.29, 0.717) is 22.7 Å². The van der Waals surface area contributed by atoms with Crippen LogP contribution in [0.4, 0.5) is 0 Å². The van der Waals surface area contributed by atoms with Crippen LogP contribution in [0, 0.1) is 40.4 Å². The summed E-state index contributed by atoms with van der Waals surface area (Å²) in [7, 11) is -1.42. The summed E-state index contributed by atoms with van der Waals surface area (Å²) in [5.41, 5.74) is 2.37. The minimum absolute atomic E-state index is 0.314. The first-order chi connectivity index (χ1) is 14.9. The topological polar surface area (TPSA) is 26.3 Å². The van der Waals surface area contributed by atoms with E-state index in [9.17, 15) is 4.79 Å². The Balaban J connectivity index is 1.39. The van der Waals surface area contributed by atoms with Gasteiger partial charge in [-0.1, -0.05) is 39.2 Å². The van der Waals surface area contributed by atoms with Crippen molar-refractivity contribution in [2.24, 2.45) is 40.4 Å². The van der Waals surface area contributed by atoms with E-state index in [1.165, 1.54) is 63.4 Å². The Morgan fingerprint density at radius 3 is 2.47 bits per heavy atom. The molecule has 7 unspecified atom stereocenters. The first kappa shape index (κ1) is 24.7. The van der Waals surface area contributed by atoms with Crippen LogP contribution in [0.1, 0.15) is 98.3 Å². The smallest absolute Gasteiger partial charge is 0.184 e. The monoisotopic (exact) mass is 458 g/mol. The maximum Gasteiger partial charge on any atom is 0.184 e. The second kappa shape index (κ2) is 8.99. The van der Waals surface area contributed by atoms with E-state index in [-0.39, 0.29) is 0 Å². The largest absolute Gasteiger partial charge is 0.415 e. The zero-order valence-electron chi connectivity index (χ0n) is 22.1. The first-order valence-electron chi connectivity index (χ1n) is 13.9. The Morgan fingerprint density at radius 1 is 1.00 bits per heavy atom. The van der Waals surface area contributed by atoms with Crippen molar-refractivity contribution in [2.75, 3.05) is 0 Å². The van der Waals surface area contributed by atoms with Crippen LogP contribution in [0.5, 0.6) is 0 Å². The Bertz CT molecular complexity index is 736. The molecule has 3 heteroatoms. The quantitative estimate of drug-likeness (QED) is 0.359.